The van der Waals surface area contributed by atoms with Gasteiger partial charge in [-0.05, 0) is 76.8 Å². The van der Waals surface area contributed by atoms with Crippen LogP contribution in [0.25, 0.3) is 22.6 Å². The van der Waals surface area contributed by atoms with Crippen molar-refractivity contribution in [3.8, 4) is 28.4 Å². The summed E-state index contributed by atoms with van der Waals surface area (Å²) in [5.74, 6) is 0.949. The van der Waals surface area contributed by atoms with E-state index in [4.69, 9.17) is 14.0 Å². The second-order valence-corrected chi connectivity index (χ2v) is 9.65. The van der Waals surface area contributed by atoms with Gasteiger partial charge < -0.3 is 24.4 Å². The Morgan fingerprint density at radius 3 is 2.53 bits per heavy atom. The fourth-order valence-corrected chi connectivity index (χ4v) is 4.70. The van der Waals surface area contributed by atoms with Crippen LogP contribution >= 0.6 is 0 Å². The predicted molar refractivity (Wildman–Crippen MR) is 135 cm³/mol. The molecule has 4 rings (SSSR count). The minimum Gasteiger partial charge on any atom is -0.491 e. The van der Waals surface area contributed by atoms with E-state index in [1.807, 2.05) is 6.92 Å². The number of likely N-dealkylation sites (N-methyl/N-ethyl adjacent to an activating group) is 1. The van der Waals surface area contributed by atoms with Gasteiger partial charge in [0.05, 0.1) is 22.5 Å². The number of aromatic nitrogens is 3. The van der Waals surface area contributed by atoms with Crippen molar-refractivity contribution < 1.29 is 32.3 Å². The van der Waals surface area contributed by atoms with Gasteiger partial charge in [-0.25, -0.2) is 9.97 Å². The molecule has 3 heterocycles. The highest BCUT2D eigenvalue weighted by molar-refractivity contribution is 5.72. The van der Waals surface area contributed by atoms with E-state index < -0.39 is 17.8 Å². The molecule has 8 nitrogen and oxygen atoms in total. The molecule has 0 bridgehead atoms. The van der Waals surface area contributed by atoms with E-state index in [9.17, 15) is 18.3 Å². The third kappa shape index (κ3) is 6.33. The molecule has 1 saturated heterocycles. The lowest BCUT2D eigenvalue weighted by atomic mass is 9.91. The molecule has 1 aliphatic heterocycles. The minimum atomic E-state index is -4.64. The highest BCUT2D eigenvalue weighted by Crippen LogP contribution is 2.40. The van der Waals surface area contributed by atoms with Crippen LogP contribution in [0.15, 0.2) is 22.7 Å². The van der Waals surface area contributed by atoms with Crippen LogP contribution < -0.4 is 10.1 Å². The number of nitrogens with one attached hydrogen (secondary N) is 1. The highest BCUT2D eigenvalue weighted by atomic mass is 19.4. The molecule has 1 atom stereocenters. The average Bonchev–Trinajstić information content (AvgIpc) is 3.21. The first-order chi connectivity index (χ1) is 18.1. The molecule has 0 radical (unpaired) electrons. The monoisotopic (exact) mass is 534 g/mol. The minimum absolute atomic E-state index is 0.0544. The molecule has 0 spiro atoms. The van der Waals surface area contributed by atoms with E-state index >= 15 is 0 Å². The van der Waals surface area contributed by atoms with Gasteiger partial charge in [0.15, 0.2) is 5.82 Å². The maximum Gasteiger partial charge on any atom is 0.417 e. The second-order valence-electron chi connectivity index (χ2n) is 9.65. The Labute approximate surface area is 219 Å². The topological polar surface area (TPSA) is 103 Å². The predicted octanol–water partition coefficient (Wildman–Crippen LogP) is 4.67. The Bertz CT molecular complexity index is 1240. The summed E-state index contributed by atoms with van der Waals surface area (Å²) in [6, 6.07) is 3.49. The summed E-state index contributed by atoms with van der Waals surface area (Å²) in [6.07, 6.45) is -3.16. The van der Waals surface area contributed by atoms with Crippen LogP contribution in [-0.2, 0) is 17.3 Å². The molecule has 0 amide bonds. The molecule has 3 aromatic rings. The number of alkyl halides is 3. The molecule has 2 N–H and O–H groups in total. The zero-order chi connectivity index (χ0) is 27.4. The maximum absolute atomic E-state index is 14.2. The summed E-state index contributed by atoms with van der Waals surface area (Å²) in [6.45, 7) is 6.90. The largest absolute Gasteiger partial charge is 0.491 e. The molecule has 0 unspecified atom stereocenters. The Morgan fingerprint density at radius 1 is 1.16 bits per heavy atom. The number of hydrogen-bond donors (Lipinski definition) is 2. The number of hydrogen-bond acceptors (Lipinski definition) is 8. The molecule has 0 saturated carbocycles. The first-order valence-electron chi connectivity index (χ1n) is 12.6. The summed E-state index contributed by atoms with van der Waals surface area (Å²) in [5.41, 5.74) is 2.14. The lowest BCUT2D eigenvalue weighted by molar-refractivity contribution is -0.137. The lowest BCUT2D eigenvalue weighted by Gasteiger charge is -2.23. The maximum atomic E-state index is 14.2. The zero-order valence-electron chi connectivity index (χ0n) is 22.0. The lowest BCUT2D eigenvalue weighted by Crippen LogP contribution is -2.29. The molecule has 38 heavy (non-hydrogen) atoms. The van der Waals surface area contributed by atoms with Crippen LogP contribution in [0.5, 0.6) is 5.75 Å². The Morgan fingerprint density at radius 2 is 1.89 bits per heavy atom. The molecule has 1 fully saturated rings. The molecular formula is C27H33F3N4O4. The Hall–Kier alpha value is -3.02. The first-order valence-corrected chi connectivity index (χ1v) is 12.6. The molecule has 2 aromatic heterocycles. The van der Waals surface area contributed by atoms with Gasteiger partial charge in [-0.2, -0.15) is 13.2 Å². The van der Waals surface area contributed by atoms with Gasteiger partial charge in [-0.1, -0.05) is 5.16 Å². The summed E-state index contributed by atoms with van der Waals surface area (Å²) in [5, 5.41) is 16.8. The molecule has 11 heteroatoms. The SMILES string of the molecule is CNC[C@@H](O)COc1ccc(C(F)(F)F)c(-c2nc(CC3CCOCC3)c(C)c(-c3c(C)noc3C)n2)c1. The van der Waals surface area contributed by atoms with Gasteiger partial charge in [0.1, 0.15) is 24.2 Å². The number of ether oxygens (including phenoxy) is 2. The van der Waals surface area contributed by atoms with Gasteiger partial charge in [-0.15, -0.1) is 0 Å². The van der Waals surface area contributed by atoms with Crippen LogP contribution in [0.4, 0.5) is 13.2 Å². The van der Waals surface area contributed by atoms with E-state index in [1.165, 1.54) is 12.1 Å². The number of nitrogens with zero attached hydrogens (tertiary/aromatic N) is 3. The summed E-state index contributed by atoms with van der Waals surface area (Å²) in [7, 11) is 1.68. The quantitative estimate of drug-likeness (QED) is 0.408. The van der Waals surface area contributed by atoms with Crippen LogP contribution in [0.3, 0.4) is 0 Å². The van der Waals surface area contributed by atoms with Crippen molar-refractivity contribution in [1.29, 1.82) is 0 Å². The number of benzene rings is 1. The highest BCUT2D eigenvalue weighted by Gasteiger charge is 2.35. The summed E-state index contributed by atoms with van der Waals surface area (Å²) in [4.78, 5) is 9.34. The van der Waals surface area contributed by atoms with Crippen molar-refractivity contribution in [2.75, 3.05) is 33.4 Å². The number of aliphatic hydroxyl groups is 1. The molecule has 1 aromatic carbocycles. The van der Waals surface area contributed by atoms with E-state index in [-0.39, 0.29) is 30.3 Å². The normalized spacial score (nSPS) is 15.6. The number of halogens is 3. The van der Waals surface area contributed by atoms with Crippen LogP contribution in [0, 0.1) is 26.7 Å². The van der Waals surface area contributed by atoms with Crippen molar-refractivity contribution in [2.24, 2.45) is 5.92 Å². The summed E-state index contributed by atoms with van der Waals surface area (Å²) >= 11 is 0. The van der Waals surface area contributed by atoms with Crippen LogP contribution in [0.2, 0.25) is 0 Å². The third-order valence-electron chi connectivity index (χ3n) is 6.76. The van der Waals surface area contributed by atoms with Gasteiger partial charge >= 0.3 is 6.18 Å². The van der Waals surface area contributed by atoms with Crippen molar-refractivity contribution in [3.05, 3.63) is 46.5 Å². The fourth-order valence-electron chi connectivity index (χ4n) is 4.70. The standard InChI is InChI=1S/C27H33F3N4O4/c1-15-23(11-18-7-9-36-10-8-18)32-26(33-25(15)24-16(2)34-38-17(24)3)21-12-20(37-14-19(35)13-31-4)5-6-22(21)27(28,29)30/h5-6,12,18-19,31,35H,7-11,13-14H2,1-4H3/t19-/m1/s1. The molecule has 0 aliphatic carbocycles. The molecule has 1 aliphatic rings. The summed E-state index contributed by atoms with van der Waals surface area (Å²) < 4.78 is 58.9. The Kier molecular flexibility index (Phi) is 8.69. The van der Waals surface area contributed by atoms with E-state index in [0.717, 1.165) is 24.5 Å². The average molecular weight is 535 g/mol. The van der Waals surface area contributed by atoms with Gasteiger partial charge in [-0.3, -0.25) is 0 Å². The van der Waals surface area contributed by atoms with Crippen molar-refractivity contribution in [3.63, 3.8) is 0 Å². The third-order valence-corrected chi connectivity index (χ3v) is 6.76. The smallest absolute Gasteiger partial charge is 0.417 e. The number of aliphatic hydroxyl groups excluding tert-OH is 1. The Balaban J connectivity index is 1.85. The van der Waals surface area contributed by atoms with Gasteiger partial charge in [0.2, 0.25) is 0 Å². The van der Waals surface area contributed by atoms with Crippen molar-refractivity contribution in [2.45, 2.75) is 52.3 Å². The second kappa shape index (κ2) is 11.8. The van der Waals surface area contributed by atoms with Crippen molar-refractivity contribution in [1.82, 2.24) is 20.4 Å². The van der Waals surface area contributed by atoms with Gasteiger partial charge in [0.25, 0.3) is 0 Å². The van der Waals surface area contributed by atoms with Crippen LogP contribution in [0.1, 0.15) is 41.1 Å². The van der Waals surface area contributed by atoms with Crippen LogP contribution in [-0.4, -0.2) is 59.7 Å². The number of rotatable bonds is 9. The van der Waals surface area contributed by atoms with E-state index in [2.05, 4.69) is 20.4 Å². The number of aryl methyl sites for hydroxylation is 2. The first kappa shape index (κ1) is 28.0. The molecular weight excluding hydrogens is 501 g/mol. The molecule has 206 valence electrons. The van der Waals surface area contributed by atoms with E-state index in [1.54, 1.807) is 20.9 Å². The van der Waals surface area contributed by atoms with Gasteiger partial charge in [0, 0.05) is 31.0 Å². The zero-order valence-corrected chi connectivity index (χ0v) is 22.0. The fraction of sp³-hybridized carbons (Fsp3) is 0.519. The van der Waals surface area contributed by atoms with E-state index in [0.29, 0.717) is 54.0 Å². The van der Waals surface area contributed by atoms with Crippen molar-refractivity contribution >= 4 is 0 Å².